The average molecular weight is 1560 g/mol. The monoisotopic (exact) mass is 1560 g/mol. The molecule has 4 heterocycles. The molecule has 23 nitrogen and oxygen atoms in total. The summed E-state index contributed by atoms with van der Waals surface area (Å²) in [6.07, 6.45) is 0.987. The number of sulfonamides is 4. The molecular weight excluding hydrogens is 1480 g/mol. The molecule has 0 aliphatic heterocycles. The Morgan fingerprint density at radius 1 is 0.364 bits per heavy atom. The number of benzene rings is 9. The van der Waals surface area contributed by atoms with Crippen LogP contribution in [-0.4, -0.2) is 126 Å². The van der Waals surface area contributed by atoms with Gasteiger partial charge in [-0.25, -0.2) is 48.6 Å². The van der Waals surface area contributed by atoms with Crippen molar-refractivity contribution in [3.63, 3.8) is 0 Å². The Balaban J connectivity index is 0.000000153. The lowest BCUT2D eigenvalue weighted by atomic mass is 10.1. The van der Waals surface area contributed by atoms with E-state index in [4.69, 9.17) is 28.9 Å². The van der Waals surface area contributed by atoms with Crippen LogP contribution in [-0.2, 0) is 72.6 Å². The Kier molecular flexibility index (Phi) is 25.2. The zero-order valence-corrected chi connectivity index (χ0v) is 64.0. The number of pyridine rings is 4. The highest BCUT2D eigenvalue weighted by Gasteiger charge is 2.22. The molecule has 29 heteroatoms. The van der Waals surface area contributed by atoms with Crippen LogP contribution in [0.15, 0.2) is 250 Å². The average Bonchev–Trinajstić information content (AvgIpc) is 0.806. The number of aromatic nitrogens is 4. The first-order valence-electron chi connectivity index (χ1n) is 33.1. The highest BCUT2D eigenvalue weighted by atomic mass is 35.5. The number of phenolic OH excluding ortho intramolecular Hbond substituents is 3. The molecule has 0 fully saturated rings. The normalized spacial score (nSPS) is 11.7. The van der Waals surface area contributed by atoms with Gasteiger partial charge in [-0.3, -0.25) is 23.9 Å². The van der Waals surface area contributed by atoms with Crippen LogP contribution >= 0.6 is 23.2 Å². The fraction of sp³-hybridized carbons (Fsp3) is 0.154. The molecule has 107 heavy (non-hydrogen) atoms. The lowest BCUT2D eigenvalue weighted by Crippen LogP contribution is -2.14. The fourth-order valence-electron chi connectivity index (χ4n) is 11.0. The van der Waals surface area contributed by atoms with Gasteiger partial charge in [-0.05, 0) is 195 Å². The maximum Gasteiger partial charge on any atom is 0.262 e. The van der Waals surface area contributed by atoms with E-state index in [9.17, 15) is 49.0 Å². The van der Waals surface area contributed by atoms with Gasteiger partial charge in [0.1, 0.15) is 17.2 Å². The Bertz CT molecular complexity index is 5710. The van der Waals surface area contributed by atoms with E-state index in [-0.39, 0.29) is 41.9 Å². The Morgan fingerprint density at radius 3 is 1.09 bits per heavy atom. The second kappa shape index (κ2) is 34.2. The molecule has 9 aromatic carbocycles. The molecule has 13 rings (SSSR count). The molecular formula is C78H78Cl2N12O11S4. The predicted molar refractivity (Wildman–Crippen MR) is 426 cm³/mol. The van der Waals surface area contributed by atoms with E-state index >= 15 is 0 Å². The van der Waals surface area contributed by atoms with Crippen LogP contribution in [0.25, 0.3) is 43.6 Å². The van der Waals surface area contributed by atoms with Crippen molar-refractivity contribution in [2.24, 2.45) is 0 Å². The number of nitrogen functional groups attached to an aromatic ring is 1. The molecule has 0 bridgehead atoms. The molecule has 0 unspecified atom stereocenters. The van der Waals surface area contributed by atoms with Crippen LogP contribution in [0.2, 0.25) is 10.0 Å². The summed E-state index contributed by atoms with van der Waals surface area (Å²) in [6.45, 7) is 3.89. The molecule has 4 aromatic heterocycles. The number of hydrogen-bond acceptors (Lipinski definition) is 19. The number of nitrogens with two attached hydrogens (primary N) is 1. The molecule has 0 atom stereocenters. The highest BCUT2D eigenvalue weighted by molar-refractivity contribution is 7.93. The topological polar surface area (TPSA) is 333 Å². The molecule has 9 N–H and O–H groups in total. The molecule has 0 spiro atoms. The molecule has 0 aliphatic carbocycles. The molecule has 0 saturated carbocycles. The molecule has 554 valence electrons. The lowest BCUT2D eigenvalue weighted by molar-refractivity contribution is 0.397. The summed E-state index contributed by atoms with van der Waals surface area (Å²) in [7, 11) is -3.38. The maximum absolute atomic E-state index is 12.9. The Hall–Kier alpha value is -10.7. The van der Waals surface area contributed by atoms with Crippen LogP contribution < -0.4 is 24.6 Å². The largest absolute Gasteiger partial charge is 0.508 e. The van der Waals surface area contributed by atoms with Gasteiger partial charge in [-0.1, -0.05) is 126 Å². The third-order valence-electron chi connectivity index (χ3n) is 16.1. The first-order valence-corrected chi connectivity index (χ1v) is 39.7. The van der Waals surface area contributed by atoms with Crippen LogP contribution in [0.1, 0.15) is 33.9 Å². The van der Waals surface area contributed by atoms with Gasteiger partial charge in [0, 0.05) is 63.6 Å². The van der Waals surface area contributed by atoms with Crippen molar-refractivity contribution in [2.45, 2.75) is 59.0 Å². The van der Waals surface area contributed by atoms with Gasteiger partial charge in [-0.15, -0.1) is 0 Å². The van der Waals surface area contributed by atoms with Crippen LogP contribution in [0.5, 0.6) is 17.2 Å². The van der Waals surface area contributed by atoms with Crippen LogP contribution in [0.3, 0.4) is 0 Å². The van der Waals surface area contributed by atoms with E-state index < -0.39 is 40.1 Å². The van der Waals surface area contributed by atoms with Gasteiger partial charge < -0.3 is 35.8 Å². The first-order chi connectivity index (χ1) is 50.8. The summed E-state index contributed by atoms with van der Waals surface area (Å²) in [4.78, 5) is 24.9. The number of para-hydroxylation sites is 4. The van der Waals surface area contributed by atoms with Crippen LogP contribution in [0.4, 0.5) is 28.4 Å². The molecule has 0 aliphatic rings. The summed E-state index contributed by atoms with van der Waals surface area (Å²) < 4.78 is 112. The summed E-state index contributed by atoms with van der Waals surface area (Å²) in [5.74, 6) is -0.0882. The summed E-state index contributed by atoms with van der Waals surface area (Å²) in [5, 5.41) is 33.1. The fourth-order valence-corrected chi connectivity index (χ4v) is 15.9. The van der Waals surface area contributed by atoms with E-state index in [2.05, 4.69) is 38.8 Å². The summed E-state index contributed by atoms with van der Waals surface area (Å²) >= 11 is 12.1. The highest BCUT2D eigenvalue weighted by Crippen LogP contribution is 2.34. The number of nitrogens with one attached hydrogen (secondary N) is 4. The number of anilines is 5. The van der Waals surface area contributed by atoms with E-state index in [1.807, 2.05) is 137 Å². The minimum absolute atomic E-state index is 0.00315. The van der Waals surface area contributed by atoms with E-state index in [0.29, 0.717) is 93.6 Å². The summed E-state index contributed by atoms with van der Waals surface area (Å²) in [6, 6.07) is 63.8. The third-order valence-corrected chi connectivity index (χ3v) is 22.1. The molecule has 13 aromatic rings. The zero-order chi connectivity index (χ0) is 77.0. The van der Waals surface area contributed by atoms with Crippen molar-refractivity contribution in [3.8, 4) is 17.2 Å². The quantitative estimate of drug-likeness (QED) is 0.0310. The molecule has 0 saturated heterocycles. The first kappa shape index (κ1) is 78.9. The van der Waals surface area contributed by atoms with Gasteiger partial charge in [0.2, 0.25) is 0 Å². The molecule has 0 radical (unpaired) electrons. The minimum Gasteiger partial charge on any atom is -0.508 e. The standard InChI is InChI=1S/C24H20Cl2N2O3S.C18H20N4O2S.2C18H19N3O3S/c1-15-5-11-20(12-6-15)32(30,31)28-22-4-2-3-16-7-9-19(27-23(16)22)10-8-17-13-18(25)14-21(26)24(17)29;1-22(2)12-15-10-9-13-5-3-8-17(18(13)20-15)21-25(23,24)16-7-4-6-14(19)11-16;1-21(2)12-14-10-9-13-5-3-8-17(18(13)19-14)20-25(23,24)16-7-4-6-15(22)11-16;1-21(2)12-14-7-6-13-4-3-5-17(18(13)19-14)20-25(23,24)16-10-8-15(22)9-11-16/h2-7,9,11-14,28-29H,8,10H2,1H3;3-11,21H,12,19H2,1-2H3;2*3-11,20,22H,12H2,1-2H3. The van der Waals surface area contributed by atoms with Crippen molar-refractivity contribution in [3.05, 3.63) is 274 Å². The minimum atomic E-state index is -3.82. The van der Waals surface area contributed by atoms with Crippen molar-refractivity contribution in [1.29, 1.82) is 0 Å². The number of aryl methyl sites for hydroxylation is 3. The second-order valence-corrected chi connectivity index (χ2v) is 33.2. The third kappa shape index (κ3) is 21.1. The molecule has 0 amide bonds. The SMILES string of the molecule is CN(C)Cc1ccc2cccc(NS(=O)(=O)c3ccc(O)cc3)c2n1.CN(C)Cc1ccc2cccc(NS(=O)(=O)c3cccc(N)c3)c2n1.CN(C)Cc1ccc2cccc(NS(=O)(=O)c3cccc(O)c3)c2n1.Cc1ccc(S(=O)(=O)Nc2cccc3ccc(CCc4cc(Cl)cc(Cl)c4O)nc23)cc1. The smallest absolute Gasteiger partial charge is 0.262 e. The number of hydrogen-bond donors (Lipinski definition) is 8. The van der Waals surface area contributed by atoms with E-state index in [0.717, 1.165) is 49.9 Å². The van der Waals surface area contributed by atoms with Crippen molar-refractivity contribution >= 4 is 135 Å². The van der Waals surface area contributed by atoms with Crippen molar-refractivity contribution < 1.29 is 49.0 Å². The van der Waals surface area contributed by atoms with Crippen LogP contribution in [0, 0.1) is 6.92 Å². The van der Waals surface area contributed by atoms with E-state index in [1.165, 1.54) is 66.7 Å². The number of nitrogens with zero attached hydrogens (tertiary/aromatic N) is 7. The number of fused-ring (bicyclic) bond motifs is 4. The second-order valence-electron chi connectivity index (χ2n) is 25.6. The number of rotatable bonds is 21. The Morgan fingerprint density at radius 2 is 0.710 bits per heavy atom. The lowest BCUT2D eigenvalue weighted by Gasteiger charge is -2.13. The number of phenols is 3. The van der Waals surface area contributed by atoms with Gasteiger partial charge in [0.25, 0.3) is 40.1 Å². The van der Waals surface area contributed by atoms with Gasteiger partial charge in [0.05, 0.1) is 86.5 Å². The van der Waals surface area contributed by atoms with Gasteiger partial charge in [0.15, 0.2) is 0 Å². The summed E-state index contributed by atoms with van der Waals surface area (Å²) in [5.41, 5.74) is 15.0. The van der Waals surface area contributed by atoms with Gasteiger partial charge >= 0.3 is 0 Å². The van der Waals surface area contributed by atoms with Crippen molar-refractivity contribution in [1.82, 2.24) is 34.6 Å². The predicted octanol–water partition coefficient (Wildman–Crippen LogP) is 14.4. The zero-order valence-electron chi connectivity index (χ0n) is 59.2. The number of halogens is 2. The Labute approximate surface area is 632 Å². The van der Waals surface area contributed by atoms with Gasteiger partial charge in [-0.2, -0.15) is 0 Å². The van der Waals surface area contributed by atoms with Crippen molar-refractivity contribution in [2.75, 3.05) is 66.9 Å². The van der Waals surface area contributed by atoms with E-state index in [1.54, 1.807) is 91.0 Å². The maximum atomic E-state index is 12.9. The number of aromatic hydroxyl groups is 3.